The summed E-state index contributed by atoms with van der Waals surface area (Å²) in [5.74, 6) is 0.247. The number of benzene rings is 1. The SMILES string of the molecule is O=C(CSc1nc2ccccc2o1)NCCc1cnc[nH]1. The van der Waals surface area contributed by atoms with Crippen molar-refractivity contribution in [2.45, 2.75) is 11.6 Å². The van der Waals surface area contributed by atoms with Crippen LogP contribution in [0.1, 0.15) is 5.69 Å². The van der Waals surface area contributed by atoms with E-state index in [1.807, 2.05) is 24.3 Å². The number of thioether (sulfide) groups is 1. The van der Waals surface area contributed by atoms with E-state index < -0.39 is 0 Å². The number of amides is 1. The quantitative estimate of drug-likeness (QED) is 0.680. The Kier molecular flexibility index (Phi) is 4.20. The smallest absolute Gasteiger partial charge is 0.257 e. The third-order valence-electron chi connectivity index (χ3n) is 2.87. The van der Waals surface area contributed by atoms with Crippen LogP contribution in [0.4, 0.5) is 0 Å². The van der Waals surface area contributed by atoms with Crippen LogP contribution in [0.3, 0.4) is 0 Å². The number of nitrogens with zero attached hydrogens (tertiary/aromatic N) is 2. The molecule has 3 rings (SSSR count). The van der Waals surface area contributed by atoms with Gasteiger partial charge in [0.15, 0.2) is 5.58 Å². The molecule has 0 aliphatic heterocycles. The molecule has 1 amide bonds. The predicted molar refractivity (Wildman–Crippen MR) is 80.0 cm³/mol. The van der Waals surface area contributed by atoms with Gasteiger partial charge in [0.1, 0.15) is 5.52 Å². The minimum absolute atomic E-state index is 0.0400. The fraction of sp³-hybridized carbons (Fsp3) is 0.214. The first-order chi connectivity index (χ1) is 10.3. The normalized spacial score (nSPS) is 10.9. The number of para-hydroxylation sites is 2. The lowest BCUT2D eigenvalue weighted by molar-refractivity contribution is -0.118. The van der Waals surface area contributed by atoms with Crippen LogP contribution in [0.5, 0.6) is 0 Å². The third-order valence-corrected chi connectivity index (χ3v) is 3.70. The summed E-state index contributed by atoms with van der Waals surface area (Å²) < 4.78 is 5.54. The lowest BCUT2D eigenvalue weighted by atomic mass is 10.3. The zero-order valence-corrected chi connectivity index (χ0v) is 12.0. The highest BCUT2D eigenvalue weighted by molar-refractivity contribution is 7.99. The van der Waals surface area contributed by atoms with Crippen molar-refractivity contribution in [2.75, 3.05) is 12.3 Å². The van der Waals surface area contributed by atoms with Gasteiger partial charge in [-0.15, -0.1) is 0 Å². The van der Waals surface area contributed by atoms with Crippen molar-refractivity contribution in [3.05, 3.63) is 42.5 Å². The van der Waals surface area contributed by atoms with E-state index in [9.17, 15) is 4.79 Å². The number of fused-ring (bicyclic) bond motifs is 1. The van der Waals surface area contributed by atoms with Gasteiger partial charge in [-0.05, 0) is 12.1 Å². The van der Waals surface area contributed by atoms with E-state index in [1.54, 1.807) is 12.5 Å². The van der Waals surface area contributed by atoms with Crippen molar-refractivity contribution in [3.8, 4) is 0 Å². The summed E-state index contributed by atoms with van der Waals surface area (Å²) in [5, 5.41) is 3.36. The Morgan fingerprint density at radius 3 is 3.10 bits per heavy atom. The van der Waals surface area contributed by atoms with Crippen molar-refractivity contribution < 1.29 is 9.21 Å². The predicted octanol–water partition coefficient (Wildman–Crippen LogP) is 2.00. The monoisotopic (exact) mass is 302 g/mol. The first-order valence-electron chi connectivity index (χ1n) is 6.53. The Balaban J connectivity index is 1.44. The number of hydrogen-bond donors (Lipinski definition) is 2. The maximum Gasteiger partial charge on any atom is 0.257 e. The highest BCUT2D eigenvalue weighted by Crippen LogP contribution is 2.22. The molecule has 0 unspecified atom stereocenters. The molecule has 0 saturated carbocycles. The van der Waals surface area contributed by atoms with Crippen LogP contribution in [0.25, 0.3) is 11.1 Å². The zero-order chi connectivity index (χ0) is 14.5. The number of hydrogen-bond acceptors (Lipinski definition) is 5. The lowest BCUT2D eigenvalue weighted by Crippen LogP contribution is -2.27. The second-order valence-corrected chi connectivity index (χ2v) is 5.34. The van der Waals surface area contributed by atoms with Gasteiger partial charge in [-0.3, -0.25) is 4.79 Å². The second kappa shape index (κ2) is 6.45. The first kappa shape index (κ1) is 13.7. The molecular weight excluding hydrogens is 288 g/mol. The summed E-state index contributed by atoms with van der Waals surface area (Å²) in [6.45, 7) is 0.579. The van der Waals surface area contributed by atoms with Crippen molar-refractivity contribution in [2.24, 2.45) is 0 Å². The molecular formula is C14H14N4O2S. The van der Waals surface area contributed by atoms with Crippen molar-refractivity contribution in [3.63, 3.8) is 0 Å². The van der Waals surface area contributed by atoms with Crippen LogP contribution in [-0.2, 0) is 11.2 Å². The second-order valence-electron chi connectivity index (χ2n) is 4.41. The topological polar surface area (TPSA) is 83.8 Å². The van der Waals surface area contributed by atoms with Crippen LogP contribution >= 0.6 is 11.8 Å². The number of aromatic nitrogens is 3. The van der Waals surface area contributed by atoms with Crippen LogP contribution in [0, 0.1) is 0 Å². The molecule has 2 N–H and O–H groups in total. The maximum absolute atomic E-state index is 11.7. The summed E-state index contributed by atoms with van der Waals surface area (Å²) in [5.41, 5.74) is 2.54. The average molecular weight is 302 g/mol. The Labute approximate surface area is 125 Å². The van der Waals surface area contributed by atoms with E-state index in [0.29, 0.717) is 11.8 Å². The molecule has 108 valence electrons. The number of H-pyrrole nitrogens is 1. The van der Waals surface area contributed by atoms with E-state index >= 15 is 0 Å². The molecule has 6 nitrogen and oxygen atoms in total. The molecule has 0 fully saturated rings. The highest BCUT2D eigenvalue weighted by Gasteiger charge is 2.08. The van der Waals surface area contributed by atoms with Gasteiger partial charge in [0, 0.05) is 24.9 Å². The van der Waals surface area contributed by atoms with Gasteiger partial charge < -0.3 is 14.7 Å². The Bertz CT molecular complexity index is 690. The molecule has 1 aromatic carbocycles. The number of nitrogens with one attached hydrogen (secondary N) is 2. The van der Waals surface area contributed by atoms with E-state index in [0.717, 1.165) is 23.2 Å². The number of aromatic amines is 1. The standard InChI is InChI=1S/C14H14N4O2S/c19-13(16-6-5-10-7-15-9-17-10)8-21-14-18-11-3-1-2-4-12(11)20-14/h1-4,7,9H,5-6,8H2,(H,15,17)(H,16,19). The van der Waals surface area contributed by atoms with Crippen LogP contribution in [0.15, 0.2) is 46.4 Å². The molecule has 0 bridgehead atoms. The van der Waals surface area contributed by atoms with Crippen LogP contribution in [0.2, 0.25) is 0 Å². The molecule has 2 heterocycles. The number of rotatable bonds is 6. The molecule has 0 radical (unpaired) electrons. The number of carbonyl (C=O) groups excluding carboxylic acids is 1. The van der Waals surface area contributed by atoms with Crippen molar-refractivity contribution in [1.29, 1.82) is 0 Å². The summed E-state index contributed by atoms with van der Waals surface area (Å²) in [6.07, 6.45) is 4.11. The van der Waals surface area contributed by atoms with E-state index in [4.69, 9.17) is 4.42 Å². The fourth-order valence-electron chi connectivity index (χ4n) is 1.85. The third kappa shape index (κ3) is 3.63. The summed E-state index contributed by atoms with van der Waals surface area (Å²) >= 11 is 1.29. The van der Waals surface area contributed by atoms with Gasteiger partial charge in [-0.25, -0.2) is 9.97 Å². The first-order valence-corrected chi connectivity index (χ1v) is 7.52. The van der Waals surface area contributed by atoms with Gasteiger partial charge in [-0.2, -0.15) is 0 Å². The largest absolute Gasteiger partial charge is 0.431 e. The van der Waals surface area contributed by atoms with Crippen LogP contribution < -0.4 is 5.32 Å². The minimum Gasteiger partial charge on any atom is -0.431 e. The van der Waals surface area contributed by atoms with Gasteiger partial charge >= 0.3 is 0 Å². The Hall–Kier alpha value is -2.28. The molecule has 0 aliphatic carbocycles. The molecule has 3 aromatic rings. The summed E-state index contributed by atoms with van der Waals surface area (Å²) in [6, 6.07) is 7.54. The van der Waals surface area contributed by atoms with Crippen molar-refractivity contribution in [1.82, 2.24) is 20.3 Å². The minimum atomic E-state index is -0.0400. The molecule has 0 aliphatic rings. The Morgan fingerprint density at radius 1 is 1.38 bits per heavy atom. The van der Waals surface area contributed by atoms with E-state index in [2.05, 4.69) is 20.3 Å². The van der Waals surface area contributed by atoms with Gasteiger partial charge in [0.2, 0.25) is 5.91 Å². The van der Waals surface area contributed by atoms with Gasteiger partial charge in [0.05, 0.1) is 12.1 Å². The molecule has 0 atom stereocenters. The maximum atomic E-state index is 11.7. The molecule has 7 heteroatoms. The highest BCUT2D eigenvalue weighted by atomic mass is 32.2. The van der Waals surface area contributed by atoms with Gasteiger partial charge in [0.25, 0.3) is 5.22 Å². The number of oxazole rings is 1. The van der Waals surface area contributed by atoms with Crippen LogP contribution in [-0.4, -0.2) is 33.2 Å². The average Bonchev–Trinajstić information content (AvgIpc) is 3.13. The van der Waals surface area contributed by atoms with Gasteiger partial charge in [-0.1, -0.05) is 23.9 Å². The number of carbonyl (C=O) groups is 1. The summed E-state index contributed by atoms with van der Waals surface area (Å²) in [4.78, 5) is 23.0. The fourth-order valence-corrected chi connectivity index (χ4v) is 2.52. The number of imidazole rings is 1. The molecule has 0 spiro atoms. The lowest BCUT2D eigenvalue weighted by Gasteiger charge is -2.02. The molecule has 2 aromatic heterocycles. The summed E-state index contributed by atoms with van der Waals surface area (Å²) in [7, 11) is 0. The van der Waals surface area contributed by atoms with Crippen molar-refractivity contribution >= 4 is 28.8 Å². The molecule has 21 heavy (non-hydrogen) atoms. The van der Waals surface area contributed by atoms with E-state index in [1.165, 1.54) is 11.8 Å². The Morgan fingerprint density at radius 2 is 2.29 bits per heavy atom. The van der Waals surface area contributed by atoms with E-state index in [-0.39, 0.29) is 11.7 Å². The molecule has 0 saturated heterocycles. The zero-order valence-electron chi connectivity index (χ0n) is 11.2.